The summed E-state index contributed by atoms with van der Waals surface area (Å²) in [6.45, 7) is 0. The molecule has 0 atom stereocenters. The zero-order valence-corrected chi connectivity index (χ0v) is 28.1. The van der Waals surface area contributed by atoms with E-state index in [4.69, 9.17) is 15.0 Å². The lowest BCUT2D eigenvalue weighted by Crippen LogP contribution is -2.04. The summed E-state index contributed by atoms with van der Waals surface area (Å²) in [5.41, 5.74) is 12.2. The minimum Gasteiger partial charge on any atom is -0.292 e. The molecule has 0 aliphatic rings. The molecule has 0 fully saturated rings. The molecule has 52 heavy (non-hydrogen) atoms. The lowest BCUT2D eigenvalue weighted by molar-refractivity contribution is 0.996. The van der Waals surface area contributed by atoms with E-state index in [-0.39, 0.29) is 0 Å². The molecule has 5 heteroatoms. The number of aromatic nitrogens is 5. The van der Waals surface area contributed by atoms with E-state index in [9.17, 15) is 0 Å². The summed E-state index contributed by atoms with van der Waals surface area (Å²) in [4.78, 5) is 16.0. The van der Waals surface area contributed by atoms with Crippen LogP contribution in [-0.4, -0.2) is 24.1 Å². The average Bonchev–Trinajstić information content (AvgIpc) is 3.79. The van der Waals surface area contributed by atoms with Crippen LogP contribution in [0.15, 0.2) is 188 Å². The monoisotopic (exact) mass is 665 g/mol. The van der Waals surface area contributed by atoms with Crippen molar-refractivity contribution in [2.45, 2.75) is 0 Å². The fourth-order valence-electron chi connectivity index (χ4n) is 7.36. The Hall–Kier alpha value is -7.11. The van der Waals surface area contributed by atoms with Gasteiger partial charge in [0.15, 0.2) is 0 Å². The highest BCUT2D eigenvalue weighted by Gasteiger charge is 2.23. The zero-order valence-electron chi connectivity index (χ0n) is 28.1. The van der Waals surface area contributed by atoms with Crippen molar-refractivity contribution < 1.29 is 0 Å². The highest BCUT2D eigenvalue weighted by Crippen LogP contribution is 2.40. The summed E-state index contributed by atoms with van der Waals surface area (Å²) in [6, 6.07) is 65.3. The first-order valence-corrected chi connectivity index (χ1v) is 17.5. The van der Waals surface area contributed by atoms with Crippen LogP contribution in [0.3, 0.4) is 0 Å². The van der Waals surface area contributed by atoms with Gasteiger partial charge in [0.05, 0.1) is 33.5 Å². The molecule has 0 N–H and O–H groups in total. The Balaban J connectivity index is 1.26. The molecule has 0 amide bonds. The minimum absolute atomic E-state index is 0.615. The second-order valence-electron chi connectivity index (χ2n) is 12.9. The summed E-state index contributed by atoms with van der Waals surface area (Å²) in [6.07, 6.45) is 0. The number of nitrogens with zero attached hydrogens (tertiary/aromatic N) is 5. The van der Waals surface area contributed by atoms with E-state index in [1.165, 1.54) is 5.56 Å². The van der Waals surface area contributed by atoms with Crippen LogP contribution in [0.4, 0.5) is 0 Å². The minimum atomic E-state index is 0.615. The summed E-state index contributed by atoms with van der Waals surface area (Å²) >= 11 is 0. The van der Waals surface area contributed by atoms with E-state index in [0.717, 1.165) is 78.0 Å². The summed E-state index contributed by atoms with van der Waals surface area (Å²) in [5.74, 6) is 1.50. The molecule has 0 saturated heterocycles. The predicted octanol–water partition coefficient (Wildman–Crippen LogP) is 11.6. The van der Waals surface area contributed by atoms with Gasteiger partial charge in [-0.15, -0.1) is 0 Å². The van der Waals surface area contributed by atoms with Crippen LogP contribution in [0.2, 0.25) is 0 Å². The second kappa shape index (κ2) is 12.3. The fourth-order valence-corrected chi connectivity index (χ4v) is 7.36. The molecule has 0 saturated carbocycles. The van der Waals surface area contributed by atoms with Crippen LogP contribution in [0, 0.1) is 0 Å². The number of para-hydroxylation sites is 2. The van der Waals surface area contributed by atoms with Gasteiger partial charge in [-0.3, -0.25) is 9.13 Å². The van der Waals surface area contributed by atoms with E-state index in [1.807, 2.05) is 36.4 Å². The van der Waals surface area contributed by atoms with E-state index < -0.39 is 0 Å². The van der Waals surface area contributed by atoms with Crippen molar-refractivity contribution in [2.24, 2.45) is 0 Å². The predicted molar refractivity (Wildman–Crippen MR) is 213 cm³/mol. The quantitative estimate of drug-likeness (QED) is 0.178. The smallest absolute Gasteiger partial charge is 0.235 e. The van der Waals surface area contributed by atoms with Gasteiger partial charge in [-0.25, -0.2) is 15.0 Å². The second-order valence-corrected chi connectivity index (χ2v) is 12.9. The topological polar surface area (TPSA) is 48.5 Å². The largest absolute Gasteiger partial charge is 0.292 e. The van der Waals surface area contributed by atoms with E-state index in [2.05, 4.69) is 161 Å². The van der Waals surface area contributed by atoms with E-state index >= 15 is 0 Å². The van der Waals surface area contributed by atoms with Crippen LogP contribution in [0.5, 0.6) is 0 Å². The molecule has 5 nitrogen and oxygen atoms in total. The number of fused-ring (bicyclic) bond motifs is 5. The van der Waals surface area contributed by atoms with Gasteiger partial charge in [-0.05, 0) is 53.6 Å². The molecule has 0 spiro atoms. The van der Waals surface area contributed by atoms with Crippen LogP contribution >= 0.6 is 0 Å². The Morgan fingerprint density at radius 2 is 0.885 bits per heavy atom. The fraction of sp³-hybridized carbons (Fsp3) is 0. The van der Waals surface area contributed by atoms with Gasteiger partial charge in [0.1, 0.15) is 5.82 Å². The lowest BCUT2D eigenvalue weighted by atomic mass is 10.0. The Bertz CT molecular complexity index is 2820. The molecule has 244 valence electrons. The summed E-state index contributed by atoms with van der Waals surface area (Å²) in [7, 11) is 0. The van der Waals surface area contributed by atoms with Crippen molar-refractivity contribution in [3.8, 4) is 56.7 Å². The van der Waals surface area contributed by atoms with Crippen molar-refractivity contribution >= 4 is 32.8 Å². The molecule has 0 aliphatic heterocycles. The molecular weight excluding hydrogens is 635 g/mol. The van der Waals surface area contributed by atoms with Gasteiger partial charge < -0.3 is 0 Å². The van der Waals surface area contributed by atoms with Gasteiger partial charge >= 0.3 is 0 Å². The summed E-state index contributed by atoms with van der Waals surface area (Å²) < 4.78 is 4.48. The first kappa shape index (κ1) is 29.8. The third kappa shape index (κ3) is 4.98. The molecule has 0 radical (unpaired) electrons. The average molecular weight is 666 g/mol. The van der Waals surface area contributed by atoms with Gasteiger partial charge in [0.25, 0.3) is 0 Å². The maximum atomic E-state index is 5.52. The normalized spacial score (nSPS) is 11.5. The van der Waals surface area contributed by atoms with E-state index in [1.54, 1.807) is 0 Å². The van der Waals surface area contributed by atoms with Crippen molar-refractivity contribution in [3.05, 3.63) is 188 Å². The Kier molecular flexibility index (Phi) is 7.07. The third-order valence-electron chi connectivity index (χ3n) is 9.76. The maximum Gasteiger partial charge on any atom is 0.235 e. The number of rotatable bonds is 6. The first-order chi connectivity index (χ1) is 25.8. The number of imidazole rings is 1. The molecule has 0 aliphatic carbocycles. The number of hydrogen-bond acceptors (Lipinski definition) is 3. The van der Waals surface area contributed by atoms with Gasteiger partial charge in [-0.2, -0.15) is 0 Å². The van der Waals surface area contributed by atoms with Crippen molar-refractivity contribution in [1.82, 2.24) is 24.1 Å². The number of benzene rings is 7. The highest BCUT2D eigenvalue weighted by molar-refractivity contribution is 6.20. The molecule has 10 aromatic rings. The van der Waals surface area contributed by atoms with E-state index in [0.29, 0.717) is 5.95 Å². The molecular formula is C47H31N5. The van der Waals surface area contributed by atoms with Crippen molar-refractivity contribution in [2.75, 3.05) is 0 Å². The number of hydrogen-bond donors (Lipinski definition) is 0. The van der Waals surface area contributed by atoms with Gasteiger partial charge in [0.2, 0.25) is 5.95 Å². The van der Waals surface area contributed by atoms with Crippen LogP contribution < -0.4 is 0 Å². The molecule has 0 bridgehead atoms. The molecule has 10 rings (SSSR count). The SMILES string of the molecule is c1ccc(-c2cccc(-c3nc4c5c6ccccc6n(-c6nc(-c7ccccc7)cc(-c7ccccc7)n6)c5ccc4n3-c3ccccc3)c2)cc1. The molecule has 3 heterocycles. The Morgan fingerprint density at radius 1 is 0.346 bits per heavy atom. The Labute approximate surface area is 300 Å². The molecule has 7 aromatic carbocycles. The molecule has 3 aromatic heterocycles. The zero-order chi connectivity index (χ0) is 34.4. The Morgan fingerprint density at radius 3 is 1.56 bits per heavy atom. The van der Waals surface area contributed by atoms with Crippen LogP contribution in [0.25, 0.3) is 89.5 Å². The van der Waals surface area contributed by atoms with Crippen LogP contribution in [0.1, 0.15) is 0 Å². The standard InChI is InChI=1S/C47H31N5/c1-5-16-32(17-6-1)35-22-15-23-36(30-35)46-50-45-43(51(46)37-24-11-4-12-25-37)29-28-42-44(45)38-26-13-14-27-41(38)52(42)47-48-39(33-18-7-2-8-19-33)31-40(49-47)34-20-9-3-10-21-34/h1-31H. The lowest BCUT2D eigenvalue weighted by Gasteiger charge is -2.12. The van der Waals surface area contributed by atoms with Gasteiger partial charge in [-0.1, -0.05) is 146 Å². The van der Waals surface area contributed by atoms with Gasteiger partial charge in [0, 0.05) is 33.2 Å². The maximum absolute atomic E-state index is 5.52. The third-order valence-corrected chi connectivity index (χ3v) is 9.76. The summed E-state index contributed by atoms with van der Waals surface area (Å²) in [5, 5.41) is 2.17. The van der Waals surface area contributed by atoms with Crippen molar-refractivity contribution in [1.29, 1.82) is 0 Å². The highest BCUT2D eigenvalue weighted by atomic mass is 15.2. The van der Waals surface area contributed by atoms with Crippen molar-refractivity contribution in [3.63, 3.8) is 0 Å². The first-order valence-electron chi connectivity index (χ1n) is 17.5. The molecule has 0 unspecified atom stereocenters. The van der Waals surface area contributed by atoms with Crippen LogP contribution in [-0.2, 0) is 0 Å².